The zero-order chi connectivity index (χ0) is 14.4. The van der Waals surface area contributed by atoms with Gasteiger partial charge >= 0.3 is 0 Å². The highest BCUT2D eigenvalue weighted by Gasteiger charge is 2.07. The summed E-state index contributed by atoms with van der Waals surface area (Å²) in [6.45, 7) is 4.04. The molecular weight excluding hydrogens is 244 g/mol. The van der Waals surface area contributed by atoms with Crippen molar-refractivity contribution < 1.29 is 4.79 Å². The van der Waals surface area contributed by atoms with E-state index in [1.165, 1.54) is 22.3 Å². The van der Waals surface area contributed by atoms with E-state index in [0.717, 1.165) is 11.9 Å². The van der Waals surface area contributed by atoms with Crippen LogP contribution >= 0.6 is 0 Å². The summed E-state index contributed by atoms with van der Waals surface area (Å²) in [5, 5.41) is 0. The van der Waals surface area contributed by atoms with E-state index >= 15 is 0 Å². The van der Waals surface area contributed by atoms with Gasteiger partial charge in [0.1, 0.15) is 6.29 Å². The lowest BCUT2D eigenvalue weighted by Gasteiger charge is -2.00. The predicted molar refractivity (Wildman–Crippen MR) is 85.8 cm³/mol. The Hall–Kier alpha value is -2.41. The number of rotatable bonds is 4. The summed E-state index contributed by atoms with van der Waals surface area (Å²) in [4.78, 5) is 10.3. The zero-order valence-electron chi connectivity index (χ0n) is 11.8. The summed E-state index contributed by atoms with van der Waals surface area (Å²) in [5.41, 5.74) is 5.98. The summed E-state index contributed by atoms with van der Waals surface area (Å²) in [6, 6.07) is 12.7. The molecule has 0 N–H and O–H groups in total. The van der Waals surface area contributed by atoms with Crippen LogP contribution in [0.15, 0.2) is 66.3 Å². The number of aldehydes is 1. The average Bonchev–Trinajstić information content (AvgIpc) is 2.74. The van der Waals surface area contributed by atoms with E-state index in [1.807, 2.05) is 25.2 Å². The van der Waals surface area contributed by atoms with Crippen LogP contribution in [0.5, 0.6) is 0 Å². The first-order valence-electron chi connectivity index (χ1n) is 6.67. The Bertz CT molecular complexity index is 660. The van der Waals surface area contributed by atoms with Crippen molar-refractivity contribution >= 4 is 12.4 Å². The van der Waals surface area contributed by atoms with E-state index in [2.05, 4.69) is 49.4 Å². The van der Waals surface area contributed by atoms with Crippen LogP contribution in [-0.2, 0) is 4.79 Å². The minimum Gasteiger partial charge on any atom is -0.299 e. The first-order chi connectivity index (χ1) is 9.72. The fraction of sp³-hybridized carbons (Fsp3) is 0.105. The molecule has 20 heavy (non-hydrogen) atoms. The van der Waals surface area contributed by atoms with Gasteiger partial charge in [-0.25, -0.2) is 0 Å². The molecule has 0 saturated heterocycles. The highest BCUT2D eigenvalue weighted by Crippen LogP contribution is 2.31. The van der Waals surface area contributed by atoms with Crippen LogP contribution in [0.3, 0.4) is 0 Å². The minimum absolute atomic E-state index is 0.803. The maximum atomic E-state index is 10.3. The molecule has 0 aliphatic heterocycles. The van der Waals surface area contributed by atoms with Gasteiger partial charge in [0.2, 0.25) is 0 Å². The lowest BCUT2D eigenvalue weighted by atomic mass is 10.0. The van der Waals surface area contributed by atoms with E-state index < -0.39 is 0 Å². The molecule has 1 nitrogen and oxygen atoms in total. The Morgan fingerprint density at radius 2 is 1.85 bits per heavy atom. The number of fused-ring (bicyclic) bond motifs is 1. The Kier molecular flexibility index (Phi) is 4.67. The molecule has 0 radical (unpaired) electrons. The predicted octanol–water partition coefficient (Wildman–Crippen LogP) is 4.81. The van der Waals surface area contributed by atoms with E-state index in [9.17, 15) is 4.79 Å². The van der Waals surface area contributed by atoms with Crippen LogP contribution in [0.25, 0.3) is 17.2 Å². The fourth-order valence-corrected chi connectivity index (χ4v) is 2.22. The standard InChI is InChI=1S/C19H18O/c1-15(13-14-20)7-3-5-9-17-11-12-18-10-6-4-8-16(2)19(17)18/h3-14H,1-2H3. The first-order valence-corrected chi connectivity index (χ1v) is 6.67. The summed E-state index contributed by atoms with van der Waals surface area (Å²) in [7, 11) is 0. The van der Waals surface area contributed by atoms with Gasteiger partial charge < -0.3 is 0 Å². The molecule has 0 spiro atoms. The quantitative estimate of drug-likeness (QED) is 0.439. The highest BCUT2D eigenvalue weighted by molar-refractivity contribution is 5.81. The molecule has 0 atom stereocenters. The molecule has 0 aromatic rings. The summed E-state index contributed by atoms with van der Waals surface area (Å²) < 4.78 is 0. The maximum absolute atomic E-state index is 10.3. The van der Waals surface area contributed by atoms with Crippen molar-refractivity contribution in [3.05, 3.63) is 77.4 Å². The largest absolute Gasteiger partial charge is 0.299 e. The second-order valence-electron chi connectivity index (χ2n) is 4.79. The van der Waals surface area contributed by atoms with E-state index in [0.29, 0.717) is 0 Å². The summed E-state index contributed by atoms with van der Waals surface area (Å²) in [5.74, 6) is 0. The number of carbonyl (C=O) groups is 1. The van der Waals surface area contributed by atoms with Crippen LogP contribution in [0.1, 0.15) is 18.1 Å². The molecule has 100 valence electrons. The van der Waals surface area contributed by atoms with Crippen LogP contribution in [-0.4, -0.2) is 6.29 Å². The van der Waals surface area contributed by atoms with Crippen LogP contribution in [0, 0.1) is 6.92 Å². The molecule has 1 heteroatoms. The number of hydrogen-bond acceptors (Lipinski definition) is 1. The van der Waals surface area contributed by atoms with Gasteiger partial charge in [-0.3, -0.25) is 4.79 Å². The lowest BCUT2D eigenvalue weighted by molar-refractivity contribution is -0.104. The molecule has 2 rings (SSSR count). The smallest absolute Gasteiger partial charge is 0.143 e. The molecular formula is C19H18O. The molecule has 2 aliphatic carbocycles. The second kappa shape index (κ2) is 6.67. The van der Waals surface area contributed by atoms with Crippen LogP contribution in [0.2, 0.25) is 0 Å². The van der Waals surface area contributed by atoms with Gasteiger partial charge in [-0.2, -0.15) is 0 Å². The SMILES string of the molecule is CC(C=CC=Cc1ccc2ccccc(C)c1-2)=CC=O. The third-order valence-corrected chi connectivity index (χ3v) is 3.22. The lowest BCUT2D eigenvalue weighted by Crippen LogP contribution is -1.77. The normalized spacial score (nSPS) is 12.6. The van der Waals surface area contributed by atoms with Crippen molar-refractivity contribution in [1.29, 1.82) is 0 Å². The number of allylic oxidation sites excluding steroid dienone is 5. The molecule has 0 unspecified atom stereocenters. The molecule has 0 amide bonds. The Labute approximate surface area is 120 Å². The average molecular weight is 262 g/mol. The minimum atomic E-state index is 0.803. The van der Waals surface area contributed by atoms with Gasteiger partial charge in [0.05, 0.1) is 0 Å². The monoisotopic (exact) mass is 262 g/mol. The van der Waals surface area contributed by atoms with Gasteiger partial charge in [0.25, 0.3) is 0 Å². The number of aryl methyl sites for hydroxylation is 1. The van der Waals surface area contributed by atoms with Crippen molar-refractivity contribution in [3.63, 3.8) is 0 Å². The molecule has 0 fully saturated rings. The van der Waals surface area contributed by atoms with Crippen molar-refractivity contribution in [2.45, 2.75) is 13.8 Å². The molecule has 0 saturated carbocycles. The Balaban J connectivity index is 2.24. The van der Waals surface area contributed by atoms with Crippen molar-refractivity contribution in [3.8, 4) is 11.1 Å². The summed E-state index contributed by atoms with van der Waals surface area (Å²) >= 11 is 0. The number of hydrogen-bond donors (Lipinski definition) is 0. The highest BCUT2D eigenvalue weighted by atomic mass is 16.1. The first kappa shape index (κ1) is 14.0. The van der Waals surface area contributed by atoms with Crippen molar-refractivity contribution in [2.24, 2.45) is 0 Å². The fourth-order valence-electron chi connectivity index (χ4n) is 2.22. The summed E-state index contributed by atoms with van der Waals surface area (Å²) in [6.07, 6.45) is 10.3. The van der Waals surface area contributed by atoms with Gasteiger partial charge in [-0.1, -0.05) is 60.7 Å². The Morgan fingerprint density at radius 3 is 2.65 bits per heavy atom. The zero-order valence-corrected chi connectivity index (χ0v) is 11.8. The molecule has 0 heterocycles. The van der Waals surface area contributed by atoms with E-state index in [-0.39, 0.29) is 0 Å². The van der Waals surface area contributed by atoms with E-state index in [1.54, 1.807) is 6.08 Å². The van der Waals surface area contributed by atoms with Gasteiger partial charge in [-0.15, -0.1) is 0 Å². The van der Waals surface area contributed by atoms with Crippen LogP contribution < -0.4 is 0 Å². The van der Waals surface area contributed by atoms with Crippen LogP contribution in [0.4, 0.5) is 0 Å². The maximum Gasteiger partial charge on any atom is 0.143 e. The van der Waals surface area contributed by atoms with E-state index in [4.69, 9.17) is 0 Å². The van der Waals surface area contributed by atoms with Gasteiger partial charge in [0, 0.05) is 0 Å². The topological polar surface area (TPSA) is 17.1 Å². The Morgan fingerprint density at radius 1 is 1.05 bits per heavy atom. The molecule has 2 aliphatic rings. The molecule has 0 aromatic heterocycles. The van der Waals surface area contributed by atoms with Crippen molar-refractivity contribution in [1.82, 2.24) is 0 Å². The third-order valence-electron chi connectivity index (χ3n) is 3.22. The second-order valence-corrected chi connectivity index (χ2v) is 4.79. The van der Waals surface area contributed by atoms with Crippen molar-refractivity contribution in [2.75, 3.05) is 0 Å². The molecule has 0 bridgehead atoms. The van der Waals surface area contributed by atoms with Gasteiger partial charge in [-0.05, 0) is 47.8 Å². The van der Waals surface area contributed by atoms with Gasteiger partial charge in [0.15, 0.2) is 0 Å². The number of carbonyl (C=O) groups excluding carboxylic acids is 1. The molecule has 0 aromatic carbocycles. The third kappa shape index (κ3) is 3.33.